The third-order valence-corrected chi connectivity index (χ3v) is 9.99. The van der Waals surface area contributed by atoms with Crippen molar-refractivity contribution in [2.45, 2.75) is 83.1 Å². The maximum Gasteiger partial charge on any atom is 0.460 e. The third-order valence-electron chi connectivity index (χ3n) is 6.34. The topological polar surface area (TPSA) is 27.7 Å². The minimum absolute atomic E-state index is 0.173. The predicted molar refractivity (Wildman–Crippen MR) is 109 cm³/mol. The molecule has 1 heterocycles. The van der Waals surface area contributed by atoms with Gasteiger partial charge >= 0.3 is 7.12 Å². The summed E-state index contributed by atoms with van der Waals surface area (Å²) in [6, 6.07) is 10.7. The first-order chi connectivity index (χ1) is 11.5. The van der Waals surface area contributed by atoms with Crippen LogP contribution in [0.3, 0.4) is 0 Å². The first-order valence-electron chi connectivity index (χ1n) is 9.45. The van der Waals surface area contributed by atoms with Crippen molar-refractivity contribution in [1.82, 2.24) is 0 Å². The van der Waals surface area contributed by atoms with Gasteiger partial charge in [0.1, 0.15) is 0 Å². The summed E-state index contributed by atoms with van der Waals surface area (Å²) >= 11 is 0. The van der Waals surface area contributed by atoms with Gasteiger partial charge in [-0.25, -0.2) is 0 Å². The van der Waals surface area contributed by atoms with E-state index in [1.54, 1.807) is 0 Å². The zero-order valence-corrected chi connectivity index (χ0v) is 18.3. The van der Waals surface area contributed by atoms with Crippen LogP contribution in [0.25, 0.3) is 0 Å². The Labute approximate surface area is 155 Å². The highest BCUT2D eigenvalue weighted by Crippen LogP contribution is 2.47. The highest BCUT2D eigenvalue weighted by molar-refractivity contribution is 6.74. The van der Waals surface area contributed by atoms with Crippen molar-refractivity contribution in [3.63, 3.8) is 0 Å². The summed E-state index contributed by atoms with van der Waals surface area (Å²) in [6.45, 7) is 15.4. The number of hydrogen-bond acceptors (Lipinski definition) is 3. The van der Waals surface area contributed by atoms with Crippen molar-refractivity contribution in [2.75, 3.05) is 7.11 Å². The van der Waals surface area contributed by atoms with Crippen molar-refractivity contribution in [3.8, 4) is 0 Å². The molecule has 2 rings (SSSR count). The molecule has 0 bridgehead atoms. The molecule has 1 aromatic carbocycles. The van der Waals surface area contributed by atoms with Crippen molar-refractivity contribution in [3.05, 3.63) is 35.9 Å². The van der Waals surface area contributed by atoms with E-state index < -0.39 is 8.32 Å². The van der Waals surface area contributed by atoms with E-state index in [9.17, 15) is 0 Å². The van der Waals surface area contributed by atoms with Crippen LogP contribution in [0, 0.1) is 0 Å². The number of rotatable bonds is 7. The van der Waals surface area contributed by atoms with Crippen LogP contribution in [0.4, 0.5) is 0 Å². The molecule has 5 heteroatoms. The number of aryl methyl sites for hydroxylation is 1. The highest BCUT2D eigenvalue weighted by Gasteiger charge is 2.55. The molecule has 3 nitrogen and oxygen atoms in total. The summed E-state index contributed by atoms with van der Waals surface area (Å²) in [4.78, 5) is 0. The second-order valence-electron chi connectivity index (χ2n) is 8.92. The largest absolute Gasteiger partial charge is 0.460 e. The minimum Gasteiger partial charge on any atom is -0.420 e. The van der Waals surface area contributed by atoms with E-state index in [1.807, 2.05) is 7.11 Å². The molecule has 0 saturated carbocycles. The SMILES string of the molecule is CO[Si](C)(C)[C@H](CCc1ccccc1)[C@@H](C)B1OC(C)(C)C(C)(C)O1. The zero-order chi connectivity index (χ0) is 18.9. The Morgan fingerprint density at radius 3 is 2.04 bits per heavy atom. The molecule has 0 amide bonds. The molecule has 0 radical (unpaired) electrons. The predicted octanol–water partition coefficient (Wildman–Crippen LogP) is 5.32. The Hall–Kier alpha value is -0.618. The molecular formula is C20H35BO3Si. The molecule has 1 aliphatic rings. The fraction of sp³-hybridized carbons (Fsp3) is 0.700. The Morgan fingerprint density at radius 1 is 1.04 bits per heavy atom. The highest BCUT2D eigenvalue weighted by atomic mass is 28.4. The van der Waals surface area contributed by atoms with E-state index in [4.69, 9.17) is 13.7 Å². The fourth-order valence-electron chi connectivity index (χ4n) is 3.65. The Balaban J connectivity index is 2.15. The molecule has 1 saturated heterocycles. The maximum atomic E-state index is 6.34. The molecule has 0 spiro atoms. The van der Waals surface area contributed by atoms with Gasteiger partial charge in [-0.15, -0.1) is 0 Å². The van der Waals surface area contributed by atoms with Gasteiger partial charge in [-0.3, -0.25) is 0 Å². The lowest BCUT2D eigenvalue weighted by atomic mass is 9.70. The quantitative estimate of drug-likeness (QED) is 0.614. The molecule has 0 N–H and O–H groups in total. The van der Waals surface area contributed by atoms with Gasteiger partial charge in [0.15, 0.2) is 8.32 Å². The van der Waals surface area contributed by atoms with Gasteiger partial charge in [0.05, 0.1) is 11.2 Å². The molecule has 0 aromatic heterocycles. The van der Waals surface area contributed by atoms with E-state index in [0.29, 0.717) is 11.4 Å². The molecular weight excluding hydrogens is 327 g/mol. The molecule has 1 aliphatic heterocycles. The summed E-state index contributed by atoms with van der Waals surface area (Å²) in [5.41, 5.74) is 1.28. The third kappa shape index (κ3) is 4.57. The van der Waals surface area contributed by atoms with Gasteiger partial charge in [-0.1, -0.05) is 37.3 Å². The Bertz CT molecular complexity index is 543. The van der Waals surface area contributed by atoms with Gasteiger partial charge in [0.25, 0.3) is 0 Å². The van der Waals surface area contributed by atoms with Gasteiger partial charge in [0, 0.05) is 7.11 Å². The van der Waals surface area contributed by atoms with E-state index in [2.05, 4.69) is 78.0 Å². The normalized spacial score (nSPS) is 22.0. The first kappa shape index (κ1) is 20.7. The van der Waals surface area contributed by atoms with Crippen LogP contribution in [-0.2, 0) is 20.2 Å². The number of hydrogen-bond donors (Lipinski definition) is 0. The van der Waals surface area contributed by atoms with Crippen LogP contribution >= 0.6 is 0 Å². The second kappa shape index (κ2) is 7.55. The average Bonchev–Trinajstić information content (AvgIpc) is 2.76. The van der Waals surface area contributed by atoms with Crippen molar-refractivity contribution >= 4 is 15.4 Å². The Kier molecular flexibility index (Phi) is 6.25. The molecule has 1 aromatic rings. The van der Waals surface area contributed by atoms with Crippen LogP contribution in [0.1, 0.15) is 46.6 Å². The summed E-state index contributed by atoms with van der Waals surface area (Å²) in [5, 5.41) is 0. The fourth-order valence-corrected chi connectivity index (χ4v) is 6.22. The van der Waals surface area contributed by atoms with Crippen LogP contribution in [0.2, 0.25) is 24.5 Å². The molecule has 25 heavy (non-hydrogen) atoms. The summed E-state index contributed by atoms with van der Waals surface area (Å²) in [6.07, 6.45) is 2.16. The van der Waals surface area contributed by atoms with E-state index in [1.165, 1.54) is 5.56 Å². The molecule has 0 aliphatic carbocycles. The van der Waals surface area contributed by atoms with Gasteiger partial charge < -0.3 is 13.7 Å². The molecule has 140 valence electrons. The smallest absolute Gasteiger partial charge is 0.420 e. The monoisotopic (exact) mass is 362 g/mol. The standard InChI is InChI=1S/C20H35BO3Si/c1-16(21-23-19(2,3)20(4,5)24-21)18(25(7,8)22-6)15-14-17-12-10-9-11-13-17/h9-13,16,18H,14-15H2,1-8H3/t16-,18-/m1/s1. The summed E-state index contributed by atoms with van der Waals surface area (Å²) in [5.74, 6) is 0.298. The van der Waals surface area contributed by atoms with Gasteiger partial charge in [0.2, 0.25) is 0 Å². The lowest BCUT2D eigenvalue weighted by Gasteiger charge is -2.36. The minimum atomic E-state index is -1.84. The van der Waals surface area contributed by atoms with Crippen molar-refractivity contribution in [1.29, 1.82) is 0 Å². The van der Waals surface area contributed by atoms with Gasteiger partial charge in [-0.2, -0.15) is 0 Å². The van der Waals surface area contributed by atoms with Gasteiger partial charge in [-0.05, 0) is 70.6 Å². The lowest BCUT2D eigenvalue weighted by Crippen LogP contribution is -2.42. The maximum absolute atomic E-state index is 6.34. The first-order valence-corrected chi connectivity index (χ1v) is 12.4. The van der Waals surface area contributed by atoms with E-state index in [-0.39, 0.29) is 18.3 Å². The summed E-state index contributed by atoms with van der Waals surface area (Å²) < 4.78 is 18.7. The second-order valence-corrected chi connectivity index (χ2v) is 13.3. The van der Waals surface area contributed by atoms with Crippen LogP contribution in [0.5, 0.6) is 0 Å². The molecule has 2 atom stereocenters. The van der Waals surface area contributed by atoms with Crippen molar-refractivity contribution in [2.24, 2.45) is 0 Å². The van der Waals surface area contributed by atoms with E-state index >= 15 is 0 Å². The van der Waals surface area contributed by atoms with E-state index in [0.717, 1.165) is 12.8 Å². The average molecular weight is 362 g/mol. The van der Waals surface area contributed by atoms with Crippen molar-refractivity contribution < 1.29 is 13.7 Å². The van der Waals surface area contributed by atoms with Crippen LogP contribution < -0.4 is 0 Å². The molecule has 1 fully saturated rings. The Morgan fingerprint density at radius 2 is 1.56 bits per heavy atom. The zero-order valence-electron chi connectivity index (χ0n) is 17.3. The van der Waals surface area contributed by atoms with Crippen LogP contribution in [-0.4, -0.2) is 33.7 Å². The molecule has 0 unspecified atom stereocenters. The lowest BCUT2D eigenvalue weighted by molar-refractivity contribution is 0.00578. The van der Waals surface area contributed by atoms with Crippen LogP contribution in [0.15, 0.2) is 30.3 Å². The summed E-state index contributed by atoms with van der Waals surface area (Å²) in [7, 11) is -0.157. The number of benzene rings is 1.